The van der Waals surface area contributed by atoms with Gasteiger partial charge in [-0.1, -0.05) is 103 Å². The second kappa shape index (κ2) is 14.8. The number of nitrogens with one attached hydrogen (secondary N) is 1. The van der Waals surface area contributed by atoms with Crippen LogP contribution in [0.3, 0.4) is 0 Å². The summed E-state index contributed by atoms with van der Waals surface area (Å²) in [5, 5.41) is 5.71. The Labute approximate surface area is 249 Å². The molecule has 1 fully saturated rings. The van der Waals surface area contributed by atoms with Crippen LogP contribution in [0.15, 0.2) is 101 Å². The number of likely N-dealkylation sites (tertiary alicyclic amines) is 1. The van der Waals surface area contributed by atoms with Gasteiger partial charge in [0.1, 0.15) is 11.8 Å². The summed E-state index contributed by atoms with van der Waals surface area (Å²) in [4.78, 5) is 15.3. The van der Waals surface area contributed by atoms with Crippen LogP contribution in [0.1, 0.15) is 60.9 Å². The Bertz CT molecular complexity index is 1550. The third kappa shape index (κ3) is 8.05. The Balaban J connectivity index is 0.000000295. The van der Waals surface area contributed by atoms with E-state index in [1.54, 1.807) is 12.1 Å². The molecule has 0 saturated carbocycles. The molecule has 6 rings (SSSR count). The van der Waals surface area contributed by atoms with Crippen molar-refractivity contribution in [1.82, 2.24) is 10.2 Å². The molecule has 42 heavy (non-hydrogen) atoms. The lowest BCUT2D eigenvalue weighted by Gasteiger charge is -2.31. The summed E-state index contributed by atoms with van der Waals surface area (Å²) in [5.74, 6) is 0.645. The van der Waals surface area contributed by atoms with E-state index in [1.165, 1.54) is 30.0 Å². The Kier molecular flexibility index (Phi) is 10.4. The number of ether oxygens (including phenoxy) is 1. The van der Waals surface area contributed by atoms with E-state index in [4.69, 9.17) is 4.74 Å². The molecule has 0 aliphatic carbocycles. The molecule has 2 aliphatic rings. The summed E-state index contributed by atoms with van der Waals surface area (Å²) in [6, 6.07) is 31.0. The molecule has 0 aromatic heterocycles. The molecule has 2 heterocycles. The lowest BCUT2D eigenvalue weighted by atomic mass is 9.96. The predicted molar refractivity (Wildman–Crippen MR) is 166 cm³/mol. The zero-order valence-electron chi connectivity index (χ0n) is 23.7. The fourth-order valence-corrected chi connectivity index (χ4v) is 6.08. The number of rotatable bonds is 7. The maximum atomic E-state index is 12.9. The first kappa shape index (κ1) is 29.5. The summed E-state index contributed by atoms with van der Waals surface area (Å²) in [6.07, 6.45) is 4.40. The van der Waals surface area contributed by atoms with Crippen molar-refractivity contribution in [3.8, 4) is 5.75 Å². The maximum absolute atomic E-state index is 12.9. The second-order valence-corrected chi connectivity index (χ2v) is 11.4. The smallest absolute Gasteiger partial charge is 0.311 e. The van der Waals surface area contributed by atoms with E-state index < -0.39 is 16.5 Å². The molecule has 0 bridgehead atoms. The van der Waals surface area contributed by atoms with Crippen LogP contribution in [0.2, 0.25) is 0 Å². The standard InChI is InChI=1S/C24H29N3O4S.C10H8/c28-23(16-22(26-32(29)30)18-8-3-1-4-9-18)25-21-12-15-31-24-19(10-7-11-20(21)24)17-27-13-5-2-6-14-27;1-2-6-10-8-4-3-7-9(10)5-1/h1,3-4,7-11,21-22H,2,5-6,12-17H2,(H,25,28);1-8H. The molecule has 7 nitrogen and oxygen atoms in total. The zero-order chi connectivity index (χ0) is 29.1. The molecular weight excluding hydrogens is 546 g/mol. The van der Waals surface area contributed by atoms with E-state index in [0.717, 1.165) is 36.5 Å². The van der Waals surface area contributed by atoms with Crippen LogP contribution in [-0.2, 0) is 21.8 Å². The SMILES string of the molecule is O=C(CC(N=S(=O)=O)c1ccccc1)NC1CCOc2c(CN3CCCCC3)cccc21.c1ccc2ccccc2c1. The normalized spacial score (nSPS) is 17.1. The summed E-state index contributed by atoms with van der Waals surface area (Å²) >= 11 is 0. The Morgan fingerprint density at radius 3 is 2.14 bits per heavy atom. The molecule has 2 unspecified atom stereocenters. The summed E-state index contributed by atoms with van der Waals surface area (Å²) in [7, 11) is -2.59. The lowest BCUT2D eigenvalue weighted by Crippen LogP contribution is -2.34. The highest BCUT2D eigenvalue weighted by molar-refractivity contribution is 7.61. The van der Waals surface area contributed by atoms with Crippen molar-refractivity contribution >= 4 is 27.2 Å². The van der Waals surface area contributed by atoms with Gasteiger partial charge in [-0.25, -0.2) is 0 Å². The van der Waals surface area contributed by atoms with Gasteiger partial charge in [0.25, 0.3) is 0 Å². The fraction of sp³-hybridized carbons (Fsp3) is 0.324. The van der Waals surface area contributed by atoms with Crippen molar-refractivity contribution in [2.75, 3.05) is 19.7 Å². The molecule has 0 radical (unpaired) electrons. The van der Waals surface area contributed by atoms with Gasteiger partial charge < -0.3 is 10.1 Å². The van der Waals surface area contributed by atoms with Crippen LogP contribution in [0.5, 0.6) is 5.75 Å². The van der Waals surface area contributed by atoms with Gasteiger partial charge in [0.2, 0.25) is 5.91 Å². The topological polar surface area (TPSA) is 88.1 Å². The number of benzene rings is 4. The molecule has 1 amide bonds. The molecule has 4 aromatic carbocycles. The van der Waals surface area contributed by atoms with Gasteiger partial charge in [0.05, 0.1) is 19.1 Å². The number of hydrogen-bond donors (Lipinski definition) is 1. The second-order valence-electron chi connectivity index (χ2n) is 10.7. The van der Waals surface area contributed by atoms with Crippen molar-refractivity contribution in [3.05, 3.63) is 114 Å². The van der Waals surface area contributed by atoms with E-state index >= 15 is 0 Å². The molecular formula is C34H37N3O4S. The largest absolute Gasteiger partial charge is 0.493 e. The lowest BCUT2D eigenvalue weighted by molar-refractivity contribution is -0.122. The molecule has 218 valence electrons. The molecule has 8 heteroatoms. The minimum absolute atomic E-state index is 0.0296. The number of hydrogen-bond acceptors (Lipinski definition) is 6. The zero-order valence-corrected chi connectivity index (χ0v) is 24.5. The highest BCUT2D eigenvalue weighted by Crippen LogP contribution is 2.36. The predicted octanol–water partition coefficient (Wildman–Crippen LogP) is 6.65. The van der Waals surface area contributed by atoms with Crippen molar-refractivity contribution in [1.29, 1.82) is 0 Å². The number of piperidine rings is 1. The van der Waals surface area contributed by atoms with Gasteiger partial charge in [-0.05, 0) is 42.3 Å². The first-order valence-corrected chi connectivity index (χ1v) is 15.7. The summed E-state index contributed by atoms with van der Waals surface area (Å²) in [5.41, 5.74) is 2.84. The number of carbonyl (C=O) groups is 1. The maximum Gasteiger partial charge on any atom is 0.311 e. The van der Waals surface area contributed by atoms with Crippen LogP contribution in [-0.4, -0.2) is 38.9 Å². The molecule has 1 N–H and O–H groups in total. The first-order chi connectivity index (χ1) is 20.6. The van der Waals surface area contributed by atoms with Gasteiger partial charge in [0.15, 0.2) is 0 Å². The van der Waals surface area contributed by atoms with Crippen molar-refractivity contribution < 1.29 is 17.9 Å². The first-order valence-electron chi connectivity index (χ1n) is 14.6. The van der Waals surface area contributed by atoms with E-state index in [2.05, 4.69) is 69.2 Å². The highest BCUT2D eigenvalue weighted by Gasteiger charge is 2.27. The molecule has 2 aliphatic heterocycles. The quantitative estimate of drug-likeness (QED) is 0.263. The third-order valence-corrected chi connectivity index (χ3v) is 8.19. The molecule has 0 spiro atoms. The van der Waals surface area contributed by atoms with Gasteiger partial charge >= 0.3 is 10.5 Å². The van der Waals surface area contributed by atoms with Crippen molar-refractivity contribution in [2.45, 2.75) is 50.7 Å². The van der Waals surface area contributed by atoms with E-state index in [0.29, 0.717) is 18.6 Å². The van der Waals surface area contributed by atoms with Crippen LogP contribution >= 0.6 is 0 Å². The molecule has 1 saturated heterocycles. The van der Waals surface area contributed by atoms with Crippen LogP contribution in [0.4, 0.5) is 0 Å². The Hall–Kier alpha value is -4.01. The molecule has 4 aromatic rings. The number of para-hydroxylation sites is 1. The minimum Gasteiger partial charge on any atom is -0.493 e. The Morgan fingerprint density at radius 2 is 1.50 bits per heavy atom. The third-order valence-electron chi connectivity index (χ3n) is 7.77. The van der Waals surface area contributed by atoms with Crippen molar-refractivity contribution in [3.63, 3.8) is 0 Å². The number of fused-ring (bicyclic) bond motifs is 2. The van der Waals surface area contributed by atoms with Gasteiger partial charge in [-0.2, -0.15) is 12.8 Å². The molecule has 2 atom stereocenters. The average Bonchev–Trinajstić information content (AvgIpc) is 3.02. The van der Waals surface area contributed by atoms with Gasteiger partial charge in [-0.3, -0.25) is 9.69 Å². The van der Waals surface area contributed by atoms with E-state index in [-0.39, 0.29) is 18.4 Å². The minimum atomic E-state index is -2.59. The number of amides is 1. The number of carbonyl (C=O) groups excluding carboxylic acids is 1. The average molecular weight is 584 g/mol. The van der Waals surface area contributed by atoms with Gasteiger partial charge in [-0.15, -0.1) is 0 Å². The van der Waals surface area contributed by atoms with E-state index in [1.807, 2.05) is 30.3 Å². The number of nitrogens with zero attached hydrogens (tertiary/aromatic N) is 2. The van der Waals surface area contributed by atoms with Crippen molar-refractivity contribution in [2.24, 2.45) is 4.36 Å². The fourth-order valence-electron chi connectivity index (χ4n) is 5.68. The summed E-state index contributed by atoms with van der Waals surface area (Å²) in [6.45, 7) is 3.60. The Morgan fingerprint density at radius 1 is 0.857 bits per heavy atom. The van der Waals surface area contributed by atoms with Crippen LogP contribution in [0.25, 0.3) is 10.8 Å². The summed E-state index contributed by atoms with van der Waals surface area (Å²) < 4.78 is 32.2. The van der Waals surface area contributed by atoms with Crippen LogP contribution in [0, 0.1) is 0 Å². The monoisotopic (exact) mass is 583 g/mol. The van der Waals surface area contributed by atoms with E-state index in [9.17, 15) is 13.2 Å². The highest BCUT2D eigenvalue weighted by atomic mass is 32.2. The van der Waals surface area contributed by atoms with Crippen LogP contribution < -0.4 is 10.1 Å². The van der Waals surface area contributed by atoms with Gasteiger partial charge in [0, 0.05) is 24.1 Å².